The first-order chi connectivity index (χ1) is 15.8. The number of amides is 1. The number of hydrogen-bond acceptors (Lipinski definition) is 6. The molecule has 1 heterocycles. The molecule has 1 saturated carbocycles. The van der Waals surface area contributed by atoms with Gasteiger partial charge in [-0.3, -0.25) is 14.9 Å². The van der Waals surface area contributed by atoms with Gasteiger partial charge in [0.05, 0.1) is 23.1 Å². The van der Waals surface area contributed by atoms with Crippen LogP contribution in [0.15, 0.2) is 53.7 Å². The summed E-state index contributed by atoms with van der Waals surface area (Å²) in [5.74, 6) is -0.0880. The van der Waals surface area contributed by atoms with Gasteiger partial charge in [0.2, 0.25) is 0 Å². The van der Waals surface area contributed by atoms with Gasteiger partial charge in [-0.05, 0) is 62.7 Å². The van der Waals surface area contributed by atoms with Crippen LogP contribution in [0, 0.1) is 10.1 Å². The Bertz CT molecular complexity index is 1160. The van der Waals surface area contributed by atoms with E-state index in [1.807, 2.05) is 18.7 Å². The number of hydrogen-bond donors (Lipinski definition) is 3. The zero-order valence-corrected chi connectivity index (χ0v) is 19.0. The SMILES string of the molecule is CCOc1cc(C2NC(=S)N(C3CC3)C(C)=C2C(=O)Nc2cccc([N+](=O)[O-])c2)ccc1O. The third-order valence-corrected chi connectivity index (χ3v) is 5.93. The molecule has 10 heteroatoms. The van der Waals surface area contributed by atoms with Crippen molar-refractivity contribution in [2.24, 2.45) is 0 Å². The van der Waals surface area contributed by atoms with Crippen molar-refractivity contribution >= 4 is 34.6 Å². The Morgan fingerprint density at radius 1 is 1.33 bits per heavy atom. The van der Waals surface area contributed by atoms with Gasteiger partial charge < -0.3 is 25.4 Å². The number of carbonyl (C=O) groups is 1. The molecule has 1 amide bonds. The molecule has 2 aromatic rings. The first kappa shape index (κ1) is 22.5. The number of carbonyl (C=O) groups excluding carboxylic acids is 1. The van der Waals surface area contributed by atoms with Crippen molar-refractivity contribution in [3.8, 4) is 11.5 Å². The fourth-order valence-electron chi connectivity index (χ4n) is 3.95. The van der Waals surface area contributed by atoms with Crippen LogP contribution in [-0.2, 0) is 4.79 Å². The third-order valence-electron chi connectivity index (χ3n) is 5.61. The summed E-state index contributed by atoms with van der Waals surface area (Å²) in [6.07, 6.45) is 1.97. The molecular weight excluding hydrogens is 444 g/mol. The van der Waals surface area contributed by atoms with E-state index in [-0.39, 0.29) is 17.5 Å². The first-order valence-electron chi connectivity index (χ1n) is 10.6. The minimum Gasteiger partial charge on any atom is -0.504 e. The van der Waals surface area contributed by atoms with Crippen molar-refractivity contribution in [2.75, 3.05) is 11.9 Å². The van der Waals surface area contributed by atoms with Gasteiger partial charge in [-0.15, -0.1) is 0 Å². The zero-order valence-electron chi connectivity index (χ0n) is 18.2. The van der Waals surface area contributed by atoms with Crippen LogP contribution >= 0.6 is 12.2 Å². The lowest BCUT2D eigenvalue weighted by atomic mass is 9.93. The number of nitro groups is 1. The average Bonchev–Trinajstić information content (AvgIpc) is 3.60. The highest BCUT2D eigenvalue weighted by molar-refractivity contribution is 7.80. The van der Waals surface area contributed by atoms with Crippen molar-refractivity contribution in [3.63, 3.8) is 0 Å². The van der Waals surface area contributed by atoms with Crippen LogP contribution in [0.5, 0.6) is 11.5 Å². The van der Waals surface area contributed by atoms with E-state index in [0.717, 1.165) is 18.5 Å². The molecular formula is C23H24N4O5S. The molecule has 172 valence electrons. The third kappa shape index (κ3) is 4.61. The number of non-ortho nitro benzene ring substituents is 1. The van der Waals surface area contributed by atoms with E-state index in [0.29, 0.717) is 34.3 Å². The number of benzene rings is 2. The maximum atomic E-state index is 13.5. The fraction of sp³-hybridized carbons (Fsp3) is 0.304. The summed E-state index contributed by atoms with van der Waals surface area (Å²) in [4.78, 5) is 26.1. The van der Waals surface area contributed by atoms with E-state index in [9.17, 15) is 20.0 Å². The van der Waals surface area contributed by atoms with Crippen LogP contribution in [0.2, 0.25) is 0 Å². The van der Waals surface area contributed by atoms with E-state index in [2.05, 4.69) is 10.6 Å². The van der Waals surface area contributed by atoms with Crippen LogP contribution in [0.4, 0.5) is 11.4 Å². The lowest BCUT2D eigenvalue weighted by Crippen LogP contribution is -2.49. The van der Waals surface area contributed by atoms with Crippen LogP contribution in [0.25, 0.3) is 0 Å². The summed E-state index contributed by atoms with van der Waals surface area (Å²) in [6.45, 7) is 4.04. The zero-order chi connectivity index (χ0) is 23.7. The molecule has 33 heavy (non-hydrogen) atoms. The van der Waals surface area contributed by atoms with Crippen molar-refractivity contribution in [3.05, 3.63) is 69.4 Å². The topological polar surface area (TPSA) is 117 Å². The maximum absolute atomic E-state index is 13.5. The van der Waals surface area contributed by atoms with Crippen LogP contribution in [0.3, 0.4) is 0 Å². The number of nitrogens with zero attached hydrogens (tertiary/aromatic N) is 2. The molecule has 0 bridgehead atoms. The van der Waals surface area contributed by atoms with Gasteiger partial charge in [-0.2, -0.15) is 0 Å². The van der Waals surface area contributed by atoms with Gasteiger partial charge in [0.1, 0.15) is 0 Å². The molecule has 3 N–H and O–H groups in total. The number of rotatable bonds is 7. The van der Waals surface area contributed by atoms with Crippen LogP contribution < -0.4 is 15.4 Å². The molecule has 1 aliphatic carbocycles. The van der Waals surface area contributed by atoms with E-state index < -0.39 is 16.9 Å². The smallest absolute Gasteiger partial charge is 0.271 e. The molecule has 1 fully saturated rings. The maximum Gasteiger partial charge on any atom is 0.271 e. The largest absolute Gasteiger partial charge is 0.504 e. The summed E-state index contributed by atoms with van der Waals surface area (Å²) in [5, 5.41) is 27.8. The fourth-order valence-corrected chi connectivity index (χ4v) is 4.35. The minimum absolute atomic E-state index is 0.00175. The van der Waals surface area contributed by atoms with E-state index in [4.69, 9.17) is 17.0 Å². The molecule has 0 radical (unpaired) electrons. The van der Waals surface area contributed by atoms with Gasteiger partial charge in [0.15, 0.2) is 16.6 Å². The van der Waals surface area contributed by atoms with E-state index >= 15 is 0 Å². The Kier molecular flexibility index (Phi) is 6.19. The molecule has 1 unspecified atom stereocenters. The number of ether oxygens (including phenoxy) is 1. The monoisotopic (exact) mass is 468 g/mol. The second-order valence-corrected chi connectivity index (χ2v) is 8.29. The highest BCUT2D eigenvalue weighted by Crippen LogP contribution is 2.39. The Morgan fingerprint density at radius 2 is 2.09 bits per heavy atom. The standard InChI is InChI=1S/C23H24N4O5S/c1-3-32-19-11-14(7-10-18(19)28)21-20(13(2)26(16-8-9-16)23(33)25-21)22(29)24-15-5-4-6-17(12-15)27(30)31/h4-7,10-12,16,21,28H,3,8-9H2,1-2H3,(H,24,29)(H,25,33). The molecule has 0 spiro atoms. The van der Waals surface area contributed by atoms with Crippen molar-refractivity contribution in [1.29, 1.82) is 0 Å². The number of nitro benzene ring substituents is 1. The number of anilines is 1. The molecule has 2 aromatic carbocycles. The molecule has 0 saturated heterocycles. The predicted molar refractivity (Wildman–Crippen MR) is 127 cm³/mol. The lowest BCUT2D eigenvalue weighted by Gasteiger charge is -2.38. The molecule has 1 atom stereocenters. The molecule has 4 rings (SSSR count). The van der Waals surface area contributed by atoms with Crippen LogP contribution in [0.1, 0.15) is 38.3 Å². The summed E-state index contributed by atoms with van der Waals surface area (Å²) in [5.41, 5.74) is 2.06. The predicted octanol–water partition coefficient (Wildman–Crippen LogP) is 4.01. The number of thiocarbonyl (C=S) groups is 1. The Hall–Kier alpha value is -3.66. The van der Waals surface area contributed by atoms with Crippen molar-refractivity contribution < 1.29 is 19.6 Å². The highest BCUT2D eigenvalue weighted by atomic mass is 32.1. The summed E-state index contributed by atoms with van der Waals surface area (Å²) in [6, 6.07) is 10.4. The van der Waals surface area contributed by atoms with Gasteiger partial charge >= 0.3 is 0 Å². The van der Waals surface area contributed by atoms with Gasteiger partial charge in [-0.1, -0.05) is 12.1 Å². The number of phenolic OH excluding ortho intramolecular Hbond substituents is 1. The van der Waals surface area contributed by atoms with Gasteiger partial charge in [0.25, 0.3) is 11.6 Å². The Morgan fingerprint density at radius 3 is 2.76 bits per heavy atom. The normalized spacial score (nSPS) is 18.1. The number of aromatic hydroxyl groups is 1. The number of allylic oxidation sites excluding steroid dienone is 1. The average molecular weight is 469 g/mol. The van der Waals surface area contributed by atoms with Gasteiger partial charge in [0, 0.05) is 29.6 Å². The summed E-state index contributed by atoms with van der Waals surface area (Å²) < 4.78 is 5.52. The van der Waals surface area contributed by atoms with Crippen molar-refractivity contribution in [1.82, 2.24) is 10.2 Å². The lowest BCUT2D eigenvalue weighted by molar-refractivity contribution is -0.384. The number of nitrogens with one attached hydrogen (secondary N) is 2. The van der Waals surface area contributed by atoms with Crippen LogP contribution in [-0.4, -0.2) is 38.6 Å². The van der Waals surface area contributed by atoms with Gasteiger partial charge in [-0.25, -0.2) is 0 Å². The highest BCUT2D eigenvalue weighted by Gasteiger charge is 2.40. The second kappa shape index (κ2) is 9.07. The Labute approximate surface area is 196 Å². The molecule has 0 aromatic heterocycles. The first-order valence-corrected chi connectivity index (χ1v) is 11.0. The Balaban J connectivity index is 1.74. The quantitative estimate of drug-likeness (QED) is 0.317. The second-order valence-electron chi connectivity index (χ2n) is 7.90. The van der Waals surface area contributed by atoms with Crippen molar-refractivity contribution in [2.45, 2.75) is 38.8 Å². The minimum atomic E-state index is -0.592. The summed E-state index contributed by atoms with van der Waals surface area (Å²) >= 11 is 5.62. The summed E-state index contributed by atoms with van der Waals surface area (Å²) in [7, 11) is 0. The van der Waals surface area contributed by atoms with E-state index in [1.165, 1.54) is 24.3 Å². The van der Waals surface area contributed by atoms with E-state index in [1.54, 1.807) is 18.2 Å². The molecule has 2 aliphatic rings. The number of phenols is 1. The molecule has 9 nitrogen and oxygen atoms in total. The molecule has 1 aliphatic heterocycles.